The van der Waals surface area contributed by atoms with E-state index in [1.54, 1.807) is 25.3 Å². The molecule has 0 aliphatic heterocycles. The van der Waals surface area contributed by atoms with Crippen molar-refractivity contribution < 1.29 is 19.0 Å². The second-order valence-corrected chi connectivity index (χ2v) is 7.94. The van der Waals surface area contributed by atoms with Gasteiger partial charge in [-0.3, -0.25) is 9.89 Å². The lowest BCUT2D eigenvalue weighted by atomic mass is 9.94. The fraction of sp³-hybridized carbons (Fsp3) is 0.304. The van der Waals surface area contributed by atoms with Crippen LogP contribution in [0.25, 0.3) is 27.5 Å². The van der Waals surface area contributed by atoms with Crippen LogP contribution in [0.1, 0.15) is 37.9 Å². The van der Waals surface area contributed by atoms with E-state index in [1.165, 1.54) is 13.2 Å². The fourth-order valence-electron chi connectivity index (χ4n) is 4.09. The van der Waals surface area contributed by atoms with Gasteiger partial charge in [0.25, 0.3) is 0 Å². The number of aromatic amines is 1. The highest BCUT2D eigenvalue weighted by atomic mass is 19.1. The summed E-state index contributed by atoms with van der Waals surface area (Å²) in [5.74, 6) is -1.53. The number of H-pyrrole nitrogens is 1. The van der Waals surface area contributed by atoms with Gasteiger partial charge >= 0.3 is 5.97 Å². The van der Waals surface area contributed by atoms with Crippen LogP contribution in [-0.2, 0) is 11.2 Å². The third-order valence-electron chi connectivity index (χ3n) is 5.54. The molecule has 0 spiro atoms. The van der Waals surface area contributed by atoms with Crippen LogP contribution < -0.4 is 4.74 Å². The molecule has 6 nitrogen and oxygen atoms in total. The van der Waals surface area contributed by atoms with Gasteiger partial charge in [0.2, 0.25) is 0 Å². The van der Waals surface area contributed by atoms with Crippen molar-refractivity contribution in [2.45, 2.75) is 33.1 Å². The first-order chi connectivity index (χ1) is 14.3. The molecular formula is C23H24FN3O3. The number of aromatic nitrogens is 3. The predicted octanol–water partition coefficient (Wildman–Crippen LogP) is 5.04. The van der Waals surface area contributed by atoms with E-state index in [0.717, 1.165) is 38.8 Å². The maximum atomic E-state index is 14.1. The third kappa shape index (κ3) is 3.20. The molecule has 4 rings (SSSR count). The number of carboxylic acid groups (broad SMARTS) is 1. The molecular weight excluding hydrogens is 385 g/mol. The Morgan fingerprint density at radius 2 is 2.03 bits per heavy atom. The number of benzene rings is 2. The summed E-state index contributed by atoms with van der Waals surface area (Å²) in [5.41, 5.74) is 4.56. The topological polar surface area (TPSA) is 80.1 Å². The zero-order valence-corrected chi connectivity index (χ0v) is 17.4. The minimum Gasteiger partial charge on any atom is -0.494 e. The van der Waals surface area contributed by atoms with Crippen LogP contribution in [0, 0.1) is 11.7 Å². The van der Waals surface area contributed by atoms with Crippen molar-refractivity contribution in [2.75, 3.05) is 7.11 Å². The first kappa shape index (κ1) is 19.9. The maximum absolute atomic E-state index is 14.1. The van der Waals surface area contributed by atoms with Gasteiger partial charge < -0.3 is 14.4 Å². The first-order valence-corrected chi connectivity index (χ1v) is 9.88. The van der Waals surface area contributed by atoms with Gasteiger partial charge in [0.15, 0.2) is 11.6 Å². The number of aliphatic carboxylic acids is 1. The van der Waals surface area contributed by atoms with Crippen molar-refractivity contribution >= 4 is 27.8 Å². The van der Waals surface area contributed by atoms with Gasteiger partial charge in [-0.05, 0) is 42.2 Å². The van der Waals surface area contributed by atoms with Crippen molar-refractivity contribution in [3.8, 4) is 11.4 Å². The van der Waals surface area contributed by atoms with E-state index in [1.807, 2.05) is 12.1 Å². The molecule has 0 aliphatic rings. The van der Waals surface area contributed by atoms with Gasteiger partial charge in [0.1, 0.15) is 0 Å². The van der Waals surface area contributed by atoms with Crippen molar-refractivity contribution in [2.24, 2.45) is 5.92 Å². The van der Waals surface area contributed by atoms with E-state index in [2.05, 4.69) is 28.6 Å². The van der Waals surface area contributed by atoms with Crippen molar-refractivity contribution in [1.29, 1.82) is 0 Å². The first-order valence-electron chi connectivity index (χ1n) is 9.88. The van der Waals surface area contributed by atoms with Gasteiger partial charge in [-0.25, -0.2) is 4.39 Å². The molecule has 0 fully saturated rings. The second-order valence-electron chi connectivity index (χ2n) is 7.94. The molecule has 0 saturated carbocycles. The number of ether oxygens (including phenoxy) is 1. The van der Waals surface area contributed by atoms with E-state index >= 15 is 0 Å². The smallest absolute Gasteiger partial charge is 0.306 e. The Morgan fingerprint density at radius 3 is 2.70 bits per heavy atom. The summed E-state index contributed by atoms with van der Waals surface area (Å²) in [4.78, 5) is 11.6. The summed E-state index contributed by atoms with van der Waals surface area (Å²) in [6.45, 7) is 5.87. The number of nitrogens with one attached hydrogen (secondary N) is 1. The third-order valence-corrected chi connectivity index (χ3v) is 5.54. The molecule has 0 radical (unpaired) electrons. The number of fused-ring (bicyclic) bond motifs is 2. The van der Waals surface area contributed by atoms with Gasteiger partial charge in [-0.2, -0.15) is 5.10 Å². The number of hydrogen-bond donors (Lipinski definition) is 2. The van der Waals surface area contributed by atoms with Crippen LogP contribution in [0.2, 0.25) is 0 Å². The molecule has 0 bridgehead atoms. The summed E-state index contributed by atoms with van der Waals surface area (Å²) in [6, 6.07) is 8.83. The molecule has 2 aromatic heterocycles. The van der Waals surface area contributed by atoms with Gasteiger partial charge in [0.05, 0.1) is 30.3 Å². The Hall–Kier alpha value is -3.35. The lowest BCUT2D eigenvalue weighted by Crippen LogP contribution is -2.14. The molecule has 156 valence electrons. The summed E-state index contributed by atoms with van der Waals surface area (Å²) >= 11 is 0. The van der Waals surface area contributed by atoms with Crippen molar-refractivity contribution in [1.82, 2.24) is 14.8 Å². The Balaban J connectivity index is 2.09. The standard InChI is InChI=1S/C23H24FN3O3/c1-12(2)22-17(7-13(3)23(28)29)16-10-19-14(11-25-26-19)8-20(16)27(22)15-5-6-18(24)21(9-15)30-4/h5-6,8-13H,7H2,1-4H3,(H,25,26)(H,28,29). The Bertz CT molecular complexity index is 1260. The lowest BCUT2D eigenvalue weighted by molar-refractivity contribution is -0.141. The SMILES string of the molecule is COc1cc(-n2c(C(C)C)c(CC(C)C(=O)O)c3cc4[nH]ncc4cc32)ccc1F. The highest BCUT2D eigenvalue weighted by molar-refractivity contribution is 5.99. The molecule has 7 heteroatoms. The van der Waals surface area contributed by atoms with Crippen LogP contribution in [-0.4, -0.2) is 33.0 Å². The molecule has 0 saturated heterocycles. The van der Waals surface area contributed by atoms with E-state index < -0.39 is 17.7 Å². The van der Waals surface area contributed by atoms with Gasteiger partial charge in [0, 0.05) is 28.2 Å². The average molecular weight is 409 g/mol. The zero-order valence-electron chi connectivity index (χ0n) is 17.4. The highest BCUT2D eigenvalue weighted by Crippen LogP contribution is 2.38. The largest absolute Gasteiger partial charge is 0.494 e. The van der Waals surface area contributed by atoms with E-state index in [9.17, 15) is 14.3 Å². The van der Waals surface area contributed by atoms with Crippen molar-refractivity contribution in [3.63, 3.8) is 0 Å². The van der Waals surface area contributed by atoms with E-state index in [4.69, 9.17) is 4.74 Å². The van der Waals surface area contributed by atoms with E-state index in [-0.39, 0.29) is 11.7 Å². The number of carbonyl (C=O) groups is 1. The summed E-state index contributed by atoms with van der Waals surface area (Å²) in [5, 5.41) is 18.6. The zero-order chi connectivity index (χ0) is 21.6. The van der Waals surface area contributed by atoms with Crippen molar-refractivity contribution in [3.05, 3.63) is 53.6 Å². The summed E-state index contributed by atoms with van der Waals surface area (Å²) in [6.07, 6.45) is 2.15. The second kappa shape index (κ2) is 7.48. The summed E-state index contributed by atoms with van der Waals surface area (Å²) < 4.78 is 21.4. The van der Waals surface area contributed by atoms with Crippen LogP contribution in [0.5, 0.6) is 5.75 Å². The number of nitrogens with zero attached hydrogens (tertiary/aromatic N) is 2. The van der Waals surface area contributed by atoms with Gasteiger partial charge in [-0.1, -0.05) is 20.8 Å². The lowest BCUT2D eigenvalue weighted by Gasteiger charge is -2.17. The Labute approximate surface area is 173 Å². The fourth-order valence-corrected chi connectivity index (χ4v) is 4.09. The number of hydrogen-bond acceptors (Lipinski definition) is 3. The minimum atomic E-state index is -0.836. The predicted molar refractivity (Wildman–Crippen MR) is 114 cm³/mol. The molecule has 0 amide bonds. The normalized spacial score (nSPS) is 12.7. The molecule has 4 aromatic rings. The molecule has 30 heavy (non-hydrogen) atoms. The quantitative estimate of drug-likeness (QED) is 0.467. The molecule has 0 aliphatic carbocycles. The average Bonchev–Trinajstić information content (AvgIpc) is 3.28. The molecule has 1 atom stereocenters. The van der Waals surface area contributed by atoms with Crippen LogP contribution in [0.15, 0.2) is 36.5 Å². The van der Waals surface area contributed by atoms with Crippen LogP contribution >= 0.6 is 0 Å². The molecule has 2 N–H and O–H groups in total. The van der Waals surface area contributed by atoms with Gasteiger partial charge in [-0.15, -0.1) is 0 Å². The minimum absolute atomic E-state index is 0.112. The number of methoxy groups -OCH3 is 1. The maximum Gasteiger partial charge on any atom is 0.306 e. The highest BCUT2D eigenvalue weighted by Gasteiger charge is 2.25. The Morgan fingerprint density at radius 1 is 1.27 bits per heavy atom. The molecule has 2 aromatic carbocycles. The molecule has 2 heterocycles. The number of rotatable bonds is 6. The Kier molecular flexibility index (Phi) is 4.97. The monoisotopic (exact) mass is 409 g/mol. The van der Waals surface area contributed by atoms with Crippen LogP contribution in [0.3, 0.4) is 0 Å². The number of halogens is 1. The molecule has 1 unspecified atom stereocenters. The summed E-state index contributed by atoms with van der Waals surface area (Å²) in [7, 11) is 1.44. The number of carboxylic acids is 1. The van der Waals surface area contributed by atoms with Crippen LogP contribution in [0.4, 0.5) is 4.39 Å². The van der Waals surface area contributed by atoms with E-state index in [0.29, 0.717) is 6.42 Å².